The SMILES string of the molecule is CCCNC(=O)C(Cc1ccccc1)N(Cc1ccccc1)C(=O)CSc1ccccc1. The van der Waals surface area contributed by atoms with E-state index >= 15 is 0 Å². The first-order valence-electron chi connectivity index (χ1n) is 11.0. The molecule has 0 bridgehead atoms. The van der Waals surface area contributed by atoms with Gasteiger partial charge in [-0.15, -0.1) is 11.8 Å². The van der Waals surface area contributed by atoms with E-state index in [1.54, 1.807) is 4.90 Å². The largest absolute Gasteiger partial charge is 0.354 e. The van der Waals surface area contributed by atoms with Gasteiger partial charge in [0.15, 0.2) is 0 Å². The first-order valence-corrected chi connectivity index (χ1v) is 12.0. The summed E-state index contributed by atoms with van der Waals surface area (Å²) in [6, 6.07) is 29.1. The summed E-state index contributed by atoms with van der Waals surface area (Å²) >= 11 is 1.50. The minimum absolute atomic E-state index is 0.0460. The molecule has 3 rings (SSSR count). The van der Waals surface area contributed by atoms with Crippen LogP contribution in [0.4, 0.5) is 0 Å². The van der Waals surface area contributed by atoms with Crippen LogP contribution in [0.3, 0.4) is 0 Å². The molecule has 3 aromatic carbocycles. The molecule has 0 aromatic heterocycles. The van der Waals surface area contributed by atoms with Gasteiger partial charge in [0, 0.05) is 24.4 Å². The maximum absolute atomic E-state index is 13.5. The first-order chi connectivity index (χ1) is 15.7. The van der Waals surface area contributed by atoms with Gasteiger partial charge in [0.25, 0.3) is 0 Å². The van der Waals surface area contributed by atoms with Crippen molar-refractivity contribution < 1.29 is 9.59 Å². The van der Waals surface area contributed by atoms with E-state index in [1.165, 1.54) is 11.8 Å². The molecule has 2 amide bonds. The Morgan fingerprint density at radius 1 is 0.844 bits per heavy atom. The number of carbonyl (C=O) groups excluding carboxylic acids is 2. The van der Waals surface area contributed by atoms with Crippen LogP contribution in [0.2, 0.25) is 0 Å². The Labute approximate surface area is 195 Å². The van der Waals surface area contributed by atoms with E-state index in [-0.39, 0.29) is 17.6 Å². The van der Waals surface area contributed by atoms with Crippen LogP contribution in [0, 0.1) is 0 Å². The summed E-state index contributed by atoms with van der Waals surface area (Å²) in [6.07, 6.45) is 1.32. The molecule has 0 spiro atoms. The van der Waals surface area contributed by atoms with Crippen molar-refractivity contribution in [2.45, 2.75) is 37.2 Å². The van der Waals surface area contributed by atoms with Gasteiger partial charge in [0.2, 0.25) is 11.8 Å². The van der Waals surface area contributed by atoms with Crippen molar-refractivity contribution in [1.82, 2.24) is 10.2 Å². The molecule has 3 aromatic rings. The minimum atomic E-state index is -0.576. The topological polar surface area (TPSA) is 49.4 Å². The third-order valence-electron chi connectivity index (χ3n) is 5.12. The molecule has 166 valence electrons. The van der Waals surface area contributed by atoms with Crippen LogP contribution in [0.15, 0.2) is 95.9 Å². The van der Waals surface area contributed by atoms with Crippen LogP contribution in [0.25, 0.3) is 0 Å². The Morgan fingerprint density at radius 3 is 2.00 bits per heavy atom. The van der Waals surface area contributed by atoms with E-state index < -0.39 is 6.04 Å². The number of carbonyl (C=O) groups is 2. The molecule has 0 fully saturated rings. The fraction of sp³-hybridized carbons (Fsp3) is 0.259. The second kappa shape index (κ2) is 12.7. The summed E-state index contributed by atoms with van der Waals surface area (Å²) in [5, 5.41) is 3.01. The lowest BCUT2D eigenvalue weighted by atomic mass is 10.0. The van der Waals surface area contributed by atoms with Crippen molar-refractivity contribution in [3.63, 3.8) is 0 Å². The Kier molecular flexibility index (Phi) is 9.38. The van der Waals surface area contributed by atoms with Crippen LogP contribution in [-0.2, 0) is 22.6 Å². The van der Waals surface area contributed by atoms with Crippen molar-refractivity contribution in [2.24, 2.45) is 0 Å². The number of thioether (sulfide) groups is 1. The fourth-order valence-electron chi connectivity index (χ4n) is 3.44. The Morgan fingerprint density at radius 2 is 1.41 bits per heavy atom. The van der Waals surface area contributed by atoms with Crippen molar-refractivity contribution >= 4 is 23.6 Å². The number of hydrogen-bond acceptors (Lipinski definition) is 3. The molecule has 1 N–H and O–H groups in total. The summed E-state index contributed by atoms with van der Waals surface area (Å²) in [5.41, 5.74) is 2.04. The van der Waals surface area contributed by atoms with Crippen LogP contribution < -0.4 is 5.32 Å². The molecule has 0 aliphatic heterocycles. The van der Waals surface area contributed by atoms with E-state index in [2.05, 4.69) is 5.32 Å². The smallest absolute Gasteiger partial charge is 0.243 e. The molecule has 32 heavy (non-hydrogen) atoms. The summed E-state index contributed by atoms with van der Waals surface area (Å²) in [7, 11) is 0. The lowest BCUT2D eigenvalue weighted by Gasteiger charge is -2.31. The third kappa shape index (κ3) is 7.27. The maximum Gasteiger partial charge on any atom is 0.243 e. The Hall–Kier alpha value is -3.05. The quantitative estimate of drug-likeness (QED) is 0.424. The second-order valence-electron chi connectivity index (χ2n) is 7.61. The zero-order chi connectivity index (χ0) is 22.6. The zero-order valence-electron chi connectivity index (χ0n) is 18.4. The number of amides is 2. The zero-order valence-corrected chi connectivity index (χ0v) is 19.3. The average Bonchev–Trinajstić information content (AvgIpc) is 2.85. The van der Waals surface area contributed by atoms with Gasteiger partial charge in [-0.25, -0.2) is 0 Å². The highest BCUT2D eigenvalue weighted by Gasteiger charge is 2.30. The standard InChI is InChI=1S/C27H30N2O2S/c1-2-18-28-27(31)25(19-22-12-6-3-7-13-22)29(20-23-14-8-4-9-15-23)26(30)21-32-24-16-10-5-11-17-24/h3-17,25H,2,18-21H2,1H3,(H,28,31). The first kappa shape index (κ1) is 23.6. The molecule has 1 unspecified atom stereocenters. The summed E-state index contributed by atoms with van der Waals surface area (Å²) in [6.45, 7) is 3.01. The fourth-order valence-corrected chi connectivity index (χ4v) is 4.25. The van der Waals surface area contributed by atoms with Crippen molar-refractivity contribution in [1.29, 1.82) is 0 Å². The van der Waals surface area contributed by atoms with Gasteiger partial charge in [-0.05, 0) is 29.7 Å². The maximum atomic E-state index is 13.5. The number of nitrogens with zero attached hydrogens (tertiary/aromatic N) is 1. The molecule has 0 saturated carbocycles. The van der Waals surface area contributed by atoms with E-state index in [9.17, 15) is 9.59 Å². The van der Waals surface area contributed by atoms with E-state index in [0.29, 0.717) is 19.5 Å². The average molecular weight is 447 g/mol. The molecule has 5 heteroatoms. The van der Waals surface area contributed by atoms with E-state index in [4.69, 9.17) is 0 Å². The van der Waals surface area contributed by atoms with E-state index in [1.807, 2.05) is 97.9 Å². The Balaban J connectivity index is 1.86. The molecule has 4 nitrogen and oxygen atoms in total. The number of hydrogen-bond donors (Lipinski definition) is 1. The molecule has 1 atom stereocenters. The lowest BCUT2D eigenvalue weighted by Crippen LogP contribution is -2.51. The highest BCUT2D eigenvalue weighted by atomic mass is 32.2. The van der Waals surface area contributed by atoms with E-state index in [0.717, 1.165) is 22.4 Å². The molecule has 0 saturated heterocycles. The van der Waals surface area contributed by atoms with Crippen LogP contribution >= 0.6 is 11.8 Å². The number of benzene rings is 3. The predicted molar refractivity (Wildman–Crippen MR) is 131 cm³/mol. The van der Waals surface area contributed by atoms with Crippen molar-refractivity contribution in [3.05, 3.63) is 102 Å². The molecule has 0 heterocycles. The summed E-state index contributed by atoms with van der Waals surface area (Å²) in [4.78, 5) is 29.4. The van der Waals surface area contributed by atoms with Crippen molar-refractivity contribution in [3.8, 4) is 0 Å². The van der Waals surface area contributed by atoms with Gasteiger partial charge in [-0.3, -0.25) is 9.59 Å². The minimum Gasteiger partial charge on any atom is -0.354 e. The van der Waals surface area contributed by atoms with Crippen LogP contribution in [0.1, 0.15) is 24.5 Å². The van der Waals surface area contributed by atoms with Crippen LogP contribution in [0.5, 0.6) is 0 Å². The van der Waals surface area contributed by atoms with Gasteiger partial charge in [0.1, 0.15) is 6.04 Å². The normalized spacial score (nSPS) is 11.5. The molecular weight excluding hydrogens is 416 g/mol. The van der Waals surface area contributed by atoms with Gasteiger partial charge in [-0.2, -0.15) is 0 Å². The highest BCUT2D eigenvalue weighted by molar-refractivity contribution is 8.00. The van der Waals surface area contributed by atoms with Crippen LogP contribution in [-0.4, -0.2) is 35.1 Å². The molecular formula is C27H30N2O2S. The lowest BCUT2D eigenvalue weighted by molar-refractivity contribution is -0.139. The van der Waals surface area contributed by atoms with Gasteiger partial charge >= 0.3 is 0 Å². The monoisotopic (exact) mass is 446 g/mol. The summed E-state index contributed by atoms with van der Waals surface area (Å²) < 4.78 is 0. The molecule has 0 aliphatic carbocycles. The number of nitrogens with one attached hydrogen (secondary N) is 1. The van der Waals surface area contributed by atoms with Gasteiger partial charge in [-0.1, -0.05) is 85.8 Å². The Bertz CT molecular complexity index is 965. The predicted octanol–water partition coefficient (Wildman–Crippen LogP) is 4.95. The number of rotatable bonds is 11. The highest BCUT2D eigenvalue weighted by Crippen LogP contribution is 2.20. The second-order valence-corrected chi connectivity index (χ2v) is 8.65. The van der Waals surface area contributed by atoms with Gasteiger partial charge in [0.05, 0.1) is 5.75 Å². The van der Waals surface area contributed by atoms with Crippen molar-refractivity contribution in [2.75, 3.05) is 12.3 Å². The van der Waals surface area contributed by atoms with Gasteiger partial charge < -0.3 is 10.2 Å². The third-order valence-corrected chi connectivity index (χ3v) is 6.12. The molecule has 0 radical (unpaired) electrons. The summed E-state index contributed by atoms with van der Waals surface area (Å²) in [5.74, 6) is 0.128. The molecule has 0 aliphatic rings.